The van der Waals surface area contributed by atoms with Gasteiger partial charge in [-0.15, -0.1) is 0 Å². The van der Waals surface area contributed by atoms with Crippen LogP contribution < -0.4 is 0 Å². The first-order valence-electron chi connectivity index (χ1n) is 6.56. The Labute approximate surface area is 112 Å². The van der Waals surface area contributed by atoms with Gasteiger partial charge in [0.15, 0.2) is 5.69 Å². The number of amides is 1. The summed E-state index contributed by atoms with van der Waals surface area (Å²) in [7, 11) is 0. The predicted molar refractivity (Wildman–Crippen MR) is 68.9 cm³/mol. The quantitative estimate of drug-likeness (QED) is 0.896. The highest BCUT2D eigenvalue weighted by Gasteiger charge is 2.26. The van der Waals surface area contributed by atoms with Crippen molar-refractivity contribution in [1.29, 1.82) is 0 Å². The molecular formula is C13H19N3O3. The van der Waals surface area contributed by atoms with Crippen LogP contribution in [0.25, 0.3) is 0 Å². The summed E-state index contributed by atoms with van der Waals surface area (Å²) in [4.78, 5) is 24.9. The van der Waals surface area contributed by atoms with Crippen molar-refractivity contribution in [1.82, 2.24) is 14.7 Å². The third-order valence-electron chi connectivity index (χ3n) is 3.68. The van der Waals surface area contributed by atoms with Gasteiger partial charge in [-0.1, -0.05) is 6.92 Å². The zero-order valence-corrected chi connectivity index (χ0v) is 11.2. The number of carbonyl (C=O) groups excluding carboxylic acids is 1. The standard InChI is InChI=1S/C13H19N3O3/c1-9-3-6-15(7-4-9)12(17)10(2)16-8-5-11(14-16)13(18)19/h5,8-10H,3-4,6-7H2,1-2H3,(H,18,19). The molecule has 2 rings (SSSR count). The summed E-state index contributed by atoms with van der Waals surface area (Å²) in [5.41, 5.74) is -0.0353. The lowest BCUT2D eigenvalue weighted by atomic mass is 9.99. The van der Waals surface area contributed by atoms with Gasteiger partial charge in [-0.05, 0) is 31.7 Å². The van der Waals surface area contributed by atoms with Crippen LogP contribution in [0.1, 0.15) is 43.2 Å². The van der Waals surface area contributed by atoms with E-state index in [9.17, 15) is 9.59 Å². The van der Waals surface area contributed by atoms with E-state index in [2.05, 4.69) is 12.0 Å². The van der Waals surface area contributed by atoms with Crippen LogP contribution in [0.2, 0.25) is 0 Å². The van der Waals surface area contributed by atoms with Gasteiger partial charge < -0.3 is 10.0 Å². The number of hydrogen-bond acceptors (Lipinski definition) is 3. The van der Waals surface area contributed by atoms with Gasteiger partial charge in [0.1, 0.15) is 6.04 Å². The lowest BCUT2D eigenvalue weighted by molar-refractivity contribution is -0.135. The minimum atomic E-state index is -1.08. The molecule has 104 valence electrons. The highest BCUT2D eigenvalue weighted by molar-refractivity contribution is 5.85. The molecule has 1 fully saturated rings. The number of aromatic carboxylic acids is 1. The third-order valence-corrected chi connectivity index (χ3v) is 3.68. The summed E-state index contributed by atoms with van der Waals surface area (Å²) in [5, 5.41) is 12.7. The maximum atomic E-state index is 12.3. The summed E-state index contributed by atoms with van der Waals surface area (Å²) < 4.78 is 1.42. The Morgan fingerprint density at radius 3 is 2.58 bits per heavy atom. The van der Waals surface area contributed by atoms with Crippen LogP contribution in [0.5, 0.6) is 0 Å². The van der Waals surface area contributed by atoms with Crippen LogP contribution in [-0.4, -0.2) is 44.8 Å². The summed E-state index contributed by atoms with van der Waals surface area (Å²) in [5.74, 6) is -0.403. The van der Waals surface area contributed by atoms with E-state index < -0.39 is 12.0 Å². The Morgan fingerprint density at radius 1 is 1.42 bits per heavy atom. The fourth-order valence-corrected chi connectivity index (χ4v) is 2.27. The van der Waals surface area contributed by atoms with Crippen LogP contribution in [-0.2, 0) is 4.79 Å². The highest BCUT2D eigenvalue weighted by atomic mass is 16.4. The predicted octanol–water partition coefficient (Wildman–Crippen LogP) is 1.40. The Hall–Kier alpha value is -1.85. The van der Waals surface area contributed by atoms with E-state index in [1.807, 2.05) is 4.90 Å². The molecule has 19 heavy (non-hydrogen) atoms. The normalized spacial score (nSPS) is 18.3. The first kappa shape index (κ1) is 13.6. The van der Waals surface area contributed by atoms with Gasteiger partial charge in [-0.3, -0.25) is 9.48 Å². The van der Waals surface area contributed by atoms with E-state index in [1.54, 1.807) is 13.1 Å². The van der Waals surface area contributed by atoms with Crippen LogP contribution in [0.4, 0.5) is 0 Å². The van der Waals surface area contributed by atoms with Gasteiger partial charge in [0, 0.05) is 19.3 Å². The average molecular weight is 265 g/mol. The fourth-order valence-electron chi connectivity index (χ4n) is 2.27. The molecular weight excluding hydrogens is 246 g/mol. The summed E-state index contributed by atoms with van der Waals surface area (Å²) in [6, 6.07) is 0.950. The molecule has 1 aromatic rings. The Morgan fingerprint density at radius 2 is 2.05 bits per heavy atom. The van der Waals surface area contributed by atoms with Gasteiger partial charge in [0.2, 0.25) is 5.91 Å². The zero-order chi connectivity index (χ0) is 14.0. The van der Waals surface area contributed by atoms with Crippen molar-refractivity contribution < 1.29 is 14.7 Å². The number of aromatic nitrogens is 2. The SMILES string of the molecule is CC1CCN(C(=O)C(C)n2ccc(C(=O)O)n2)CC1. The lowest BCUT2D eigenvalue weighted by Gasteiger charge is -2.32. The smallest absolute Gasteiger partial charge is 0.356 e. The van der Waals surface area contributed by atoms with Gasteiger partial charge in [-0.2, -0.15) is 5.10 Å². The van der Waals surface area contributed by atoms with Gasteiger partial charge >= 0.3 is 5.97 Å². The Kier molecular flexibility index (Phi) is 3.87. The average Bonchev–Trinajstić information content (AvgIpc) is 2.87. The molecule has 1 N–H and O–H groups in total. The number of nitrogens with zero attached hydrogens (tertiary/aromatic N) is 3. The molecule has 0 saturated carbocycles. The van der Waals surface area contributed by atoms with E-state index in [-0.39, 0.29) is 11.6 Å². The van der Waals surface area contributed by atoms with Crippen molar-refractivity contribution in [3.8, 4) is 0 Å². The molecule has 0 aromatic carbocycles. The molecule has 1 amide bonds. The van der Waals surface area contributed by atoms with Gasteiger partial charge in [0.05, 0.1) is 0 Å². The van der Waals surface area contributed by atoms with Crippen LogP contribution in [0, 0.1) is 5.92 Å². The monoisotopic (exact) mass is 265 g/mol. The van der Waals surface area contributed by atoms with Crippen molar-refractivity contribution in [2.75, 3.05) is 13.1 Å². The number of carboxylic acid groups (broad SMARTS) is 1. The summed E-state index contributed by atoms with van der Waals surface area (Å²) in [6.45, 7) is 5.49. The zero-order valence-electron chi connectivity index (χ0n) is 11.2. The van der Waals surface area contributed by atoms with Gasteiger partial charge in [-0.25, -0.2) is 4.79 Å². The number of likely N-dealkylation sites (tertiary alicyclic amines) is 1. The number of carboxylic acids is 1. The molecule has 1 aromatic heterocycles. The van der Waals surface area contributed by atoms with Crippen molar-refractivity contribution in [3.63, 3.8) is 0 Å². The fraction of sp³-hybridized carbons (Fsp3) is 0.615. The second-order valence-corrected chi connectivity index (χ2v) is 5.17. The molecule has 1 aliphatic rings. The van der Waals surface area contributed by atoms with Crippen LogP contribution >= 0.6 is 0 Å². The molecule has 6 heteroatoms. The molecule has 0 bridgehead atoms. The first-order valence-corrected chi connectivity index (χ1v) is 6.56. The van der Waals surface area contributed by atoms with Crippen molar-refractivity contribution in [3.05, 3.63) is 18.0 Å². The Balaban J connectivity index is 2.03. The molecule has 0 spiro atoms. The maximum absolute atomic E-state index is 12.3. The highest BCUT2D eigenvalue weighted by Crippen LogP contribution is 2.19. The van der Waals surface area contributed by atoms with Crippen molar-refractivity contribution >= 4 is 11.9 Å². The Bertz CT molecular complexity index is 475. The first-order chi connectivity index (χ1) is 8.99. The second-order valence-electron chi connectivity index (χ2n) is 5.17. The minimum absolute atomic E-state index is 0.00642. The summed E-state index contributed by atoms with van der Waals surface area (Å²) >= 11 is 0. The summed E-state index contributed by atoms with van der Waals surface area (Å²) in [6.07, 6.45) is 3.59. The minimum Gasteiger partial charge on any atom is -0.476 e. The molecule has 0 radical (unpaired) electrons. The molecule has 6 nitrogen and oxygen atoms in total. The van der Waals surface area contributed by atoms with Crippen LogP contribution in [0.3, 0.4) is 0 Å². The molecule has 1 saturated heterocycles. The lowest BCUT2D eigenvalue weighted by Crippen LogP contribution is -2.41. The van der Waals surface area contributed by atoms with E-state index in [4.69, 9.17) is 5.11 Å². The second kappa shape index (κ2) is 5.42. The number of carbonyl (C=O) groups is 2. The molecule has 2 heterocycles. The number of piperidine rings is 1. The molecule has 1 atom stereocenters. The molecule has 1 aliphatic heterocycles. The third kappa shape index (κ3) is 2.94. The van der Waals surface area contributed by atoms with Crippen LogP contribution in [0.15, 0.2) is 12.3 Å². The van der Waals surface area contributed by atoms with E-state index >= 15 is 0 Å². The van der Waals surface area contributed by atoms with Crippen molar-refractivity contribution in [2.24, 2.45) is 5.92 Å². The topological polar surface area (TPSA) is 75.4 Å². The molecule has 1 unspecified atom stereocenters. The van der Waals surface area contributed by atoms with E-state index in [0.29, 0.717) is 5.92 Å². The largest absolute Gasteiger partial charge is 0.476 e. The van der Waals surface area contributed by atoms with E-state index in [0.717, 1.165) is 25.9 Å². The maximum Gasteiger partial charge on any atom is 0.356 e. The van der Waals surface area contributed by atoms with E-state index in [1.165, 1.54) is 10.7 Å². The van der Waals surface area contributed by atoms with Gasteiger partial charge in [0.25, 0.3) is 0 Å². The number of hydrogen-bond donors (Lipinski definition) is 1. The molecule has 0 aliphatic carbocycles. The number of rotatable bonds is 3. The van der Waals surface area contributed by atoms with Crippen molar-refractivity contribution in [2.45, 2.75) is 32.7 Å².